The van der Waals surface area contributed by atoms with Crippen LogP contribution >= 0.6 is 67.2 Å². The van der Waals surface area contributed by atoms with Crippen LogP contribution in [0.2, 0.25) is 0 Å². The van der Waals surface area contributed by atoms with Crippen molar-refractivity contribution >= 4 is 67.2 Å². The molecule has 3 fully saturated rings. The molecular formula is C58H88I2O10P4Y30-14. The van der Waals surface area contributed by atoms with Crippen molar-refractivity contribution in [3.8, 4) is 0 Å². The van der Waals surface area contributed by atoms with E-state index < -0.39 is 41.7 Å². The van der Waals surface area contributed by atoms with Crippen LogP contribution in [-0.4, -0.2) is 38.3 Å². The molecule has 0 spiro atoms. The molecule has 3 aliphatic carbocycles. The van der Waals surface area contributed by atoms with Gasteiger partial charge >= 0.3 is 0 Å². The van der Waals surface area contributed by atoms with Gasteiger partial charge in [0.25, 0.3) is 0 Å². The van der Waals surface area contributed by atoms with Crippen LogP contribution in [0.15, 0.2) is 48.6 Å². The van der Waals surface area contributed by atoms with Gasteiger partial charge in [0.15, 0.2) is 0 Å². The molecule has 0 aromatic carbocycles. The fourth-order valence-electron chi connectivity index (χ4n) is 9.92. The zero-order valence-corrected chi connectivity index (χ0v) is 156. The number of unbranched alkanes of at least 4 members (excludes halogenated alkanes) is 6. The minimum absolute atomic E-state index is 0. The van der Waals surface area contributed by atoms with E-state index in [4.69, 9.17) is 9.05 Å². The van der Waals surface area contributed by atoms with E-state index in [9.17, 15) is 37.8 Å². The molecule has 3 saturated carbocycles. The van der Waals surface area contributed by atoms with Crippen LogP contribution in [0.4, 0.5) is 0 Å². The van der Waals surface area contributed by atoms with Crippen LogP contribution in [0.3, 0.4) is 0 Å². The van der Waals surface area contributed by atoms with Gasteiger partial charge in [-0.1, -0.05) is 98.8 Å². The first-order chi connectivity index (χ1) is 35.1. The zero-order chi connectivity index (χ0) is 55.6. The van der Waals surface area contributed by atoms with Gasteiger partial charge in [0.1, 0.15) is 15.2 Å². The van der Waals surface area contributed by atoms with Crippen molar-refractivity contribution in [2.45, 2.75) is 170 Å². The summed E-state index contributed by atoms with van der Waals surface area (Å²) in [5, 5.41) is 0. The van der Waals surface area contributed by atoms with Crippen molar-refractivity contribution < 1.29 is 1030 Å². The van der Waals surface area contributed by atoms with Crippen molar-refractivity contribution in [2.75, 3.05) is 38.3 Å². The predicted octanol–water partition coefficient (Wildman–Crippen LogP) is 15.2. The number of allylic oxidation sites excluding steroid dienone is 16. The maximum absolute atomic E-state index is 12.2. The Balaban J connectivity index is -0.0000000286. The van der Waals surface area contributed by atoms with Gasteiger partial charge in [0.2, 0.25) is 0 Å². The molecule has 0 saturated heterocycles. The van der Waals surface area contributed by atoms with E-state index in [0.717, 1.165) is 142 Å². The van der Waals surface area contributed by atoms with Crippen molar-refractivity contribution in [3.05, 3.63) is 110 Å². The summed E-state index contributed by atoms with van der Waals surface area (Å²) in [5.41, 5.74) is -0.0582. The average Bonchev–Trinajstić information content (AvgIpc) is 1.59. The van der Waals surface area contributed by atoms with E-state index in [0.29, 0.717) is 17.8 Å². The van der Waals surface area contributed by atoms with E-state index in [1.165, 1.54) is 0 Å². The quantitative estimate of drug-likeness (QED) is 0.0250. The Hall–Kier alpha value is 33.2. The van der Waals surface area contributed by atoms with Gasteiger partial charge in [-0.2, -0.15) is 76.0 Å². The van der Waals surface area contributed by atoms with Gasteiger partial charge in [0.05, 0.1) is 25.0 Å². The first-order valence-corrected chi connectivity index (χ1v) is 41.0. The van der Waals surface area contributed by atoms with Gasteiger partial charge in [-0.3, -0.25) is 48.6 Å². The van der Waals surface area contributed by atoms with E-state index in [1.807, 2.05) is 18.2 Å². The largest absolute Gasteiger partial charge is 0.799 e. The van der Waals surface area contributed by atoms with Gasteiger partial charge in [-0.25, -0.2) is 0 Å². The Labute approximate surface area is 1420 Å². The molecule has 12 unspecified atom stereocenters. The van der Waals surface area contributed by atoms with Gasteiger partial charge in [-0.15, -0.1) is 0 Å². The van der Waals surface area contributed by atoms with E-state index in [-0.39, 0.29) is 1020 Å². The summed E-state index contributed by atoms with van der Waals surface area (Å²) in [6, 6.07) is 0. The first kappa shape index (κ1) is 221. The van der Waals surface area contributed by atoms with Crippen molar-refractivity contribution in [1.82, 2.24) is 0 Å². The number of hydrogen-bond acceptors (Lipinski definition) is 10. The number of rotatable bonds is 38. The molecule has 0 aromatic heterocycles. The Morgan fingerprint density at radius 1 is 0.413 bits per heavy atom. The second-order valence-electron chi connectivity index (χ2n) is 20.1. The second kappa shape index (κ2) is 145. The summed E-state index contributed by atoms with van der Waals surface area (Å²) >= 11 is 4.24. The molecule has 3 rings (SSSR count). The number of hydrogen-bond donors (Lipinski definition) is 0. The minimum atomic E-state index is -4.43. The maximum atomic E-state index is 12.2. The number of fused-ring (bicyclic) bond motifs is 1. The third-order valence-corrected chi connectivity index (χ3v) is 21.7. The Morgan fingerprint density at radius 2 is 0.692 bits per heavy atom. The molecule has 0 bridgehead atoms. The molecule has 0 aromatic rings. The van der Waals surface area contributed by atoms with Crippen LogP contribution in [0, 0.1) is 108 Å². The summed E-state index contributed by atoms with van der Waals surface area (Å²) in [5.74, 6) is -0.319. The second-order valence-corrected chi connectivity index (χ2v) is 29.4. The molecule has 3 aliphatic rings. The first-order valence-electron chi connectivity index (χ1n) is 26.8. The monoisotopic (exact) mass is 3990 g/mol. The van der Waals surface area contributed by atoms with Crippen LogP contribution < -0.4 is 19.6 Å². The Morgan fingerprint density at radius 3 is 1.02 bits per heavy atom. The van der Waals surface area contributed by atoms with Crippen molar-refractivity contribution in [3.63, 3.8) is 0 Å². The smallest absolute Gasteiger partial charge is 0.141 e. The summed E-state index contributed by atoms with van der Waals surface area (Å²) < 4.78 is 57.7. The standard InChI is InChI=1S/C29H47O5P2.C29H45O5P2.I2.30Y/c1-5-7-9-11-12-13-14-16-18-20-26-25(19-17-15-10-8-6-2)21-22-29(3)27(28(26)29)23-34-36(32,33)24-35(4,30)31;1-5-7-9-11-13-15-16-17-19-21-23-27-28(25-34-36(32,33)26-35(4,30)31)29(27,3)24-22-20-18-14-12-10-8-6-2;1-2;;;;;;;;;;;;;;;;;;;;;;;;;;;;;;/h9-10,14,19-20,25-28H,5-6,11-12,15-18,21-24H2,1-4H3,(H,30,31)(H,32,33);9-10,16,20,23,27-28H,5-6,11-14,17,19,22,24-26H2,1-4H3,(H,30,31)(H,32,33);;;;;;;;;;;;;;;;;;;;;;;;;;;;;;;/q2*-5;;;;;;;;;;;;;;;;;;;;;;;;;;;;;;;/p-4. The van der Waals surface area contributed by atoms with Gasteiger partial charge in [-0.05, 0) is 54.8 Å². The molecular weight excluding hydrogens is 3900 g/mol. The van der Waals surface area contributed by atoms with Crippen molar-refractivity contribution in [1.29, 1.82) is 0 Å². The van der Waals surface area contributed by atoms with E-state index in [1.54, 1.807) is 0 Å². The fraction of sp³-hybridized carbons (Fsp3) is 0.690. The summed E-state index contributed by atoms with van der Waals surface area (Å²) in [7, 11) is -16.7. The molecule has 0 amide bonds. The summed E-state index contributed by atoms with van der Waals surface area (Å²) in [6.07, 6.45) is 66.3. The molecule has 0 N–H and O–H groups in total. The molecule has 12 atom stereocenters. The molecule has 104 heavy (non-hydrogen) atoms. The third-order valence-electron chi connectivity index (χ3n) is 13.8. The summed E-state index contributed by atoms with van der Waals surface area (Å²) in [4.78, 5) is 47.2. The molecule has 10 nitrogen and oxygen atoms in total. The Kier molecular flexibility index (Phi) is 308. The van der Waals surface area contributed by atoms with Crippen LogP contribution in [0.5, 0.6) is 0 Å². The number of halogens is 2. The normalized spacial score (nSPS) is 20.0. The topological polar surface area (TPSA) is 179 Å². The summed E-state index contributed by atoms with van der Waals surface area (Å²) in [6.45, 7) is 14.6. The molecule has 0 heterocycles. The minimum Gasteiger partial charge on any atom is -0.799 e. The average molecular weight is 3990 g/mol. The van der Waals surface area contributed by atoms with Crippen LogP contribution in [0.1, 0.15) is 170 Å². The molecule has 0 aliphatic heterocycles. The van der Waals surface area contributed by atoms with Gasteiger partial charge < -0.3 is 108 Å². The van der Waals surface area contributed by atoms with E-state index in [2.05, 4.69) is 171 Å². The molecule has 46 heteroatoms. The Bertz CT molecular complexity index is 2060. The fourth-order valence-corrected chi connectivity index (χ4v) is 16.4. The van der Waals surface area contributed by atoms with E-state index >= 15 is 0 Å². The van der Waals surface area contributed by atoms with Crippen LogP contribution in [0.25, 0.3) is 0 Å². The predicted molar refractivity (Wildman–Crippen MR) is 315 cm³/mol. The molecule has 30 radical (unpaired) electrons. The van der Waals surface area contributed by atoms with Gasteiger partial charge in [0, 0.05) is 1030 Å². The third kappa shape index (κ3) is 124. The molecule has 518 valence electrons. The maximum Gasteiger partial charge on any atom is 0.141 e. The van der Waals surface area contributed by atoms with Crippen molar-refractivity contribution in [2.24, 2.45) is 46.3 Å². The zero-order valence-electron chi connectivity index (χ0n) is 63.2. The SMILES string of the molecule is CC[C-]=CCC[C-]=CCC[C-]=CC1C(COP(=O)([O-])CP(C)(=O)[O-])C1(C)CCC=[C-]CCC=[C-]CC.CC[C-]=CCC[C-]=CCC[CH-]C1C([CH-]CCC=[C-]CC)CCC2(C)C(COP(=O)([O-])CP(C)(=O)[O-])C12.II.[Y].[Y].[Y].[Y].[Y].[Y].[Y].[Y].[Y].[Y].[Y].[Y].[Y].[Y].[Y].[Y].[Y].[Y].[Y].[Y].[Y].[Y].[Y].[Y].[Y].[Y].[Y].[Y].[Y].[Y]. The van der Waals surface area contributed by atoms with Crippen LogP contribution in [-0.2, 0) is 1010 Å².